The van der Waals surface area contributed by atoms with Gasteiger partial charge in [-0.05, 0) is 43.3 Å². The molecule has 1 saturated carbocycles. The lowest BCUT2D eigenvalue weighted by Crippen LogP contribution is -1.99. The second kappa shape index (κ2) is 4.03. The van der Waals surface area contributed by atoms with Crippen molar-refractivity contribution >= 4 is 28.1 Å². The van der Waals surface area contributed by atoms with E-state index in [1.54, 1.807) is 12.1 Å². The molecule has 0 spiro atoms. The highest BCUT2D eigenvalue weighted by Gasteiger charge is 2.28. The maximum atomic E-state index is 13.9. The van der Waals surface area contributed by atoms with Gasteiger partial charge in [-0.3, -0.25) is 9.67 Å². The third-order valence-electron chi connectivity index (χ3n) is 2.79. The molecule has 1 aromatic carbocycles. The van der Waals surface area contributed by atoms with Gasteiger partial charge in [0.25, 0.3) is 0 Å². The lowest BCUT2D eigenvalue weighted by Gasteiger charge is -2.06. The van der Waals surface area contributed by atoms with Crippen molar-refractivity contribution in [1.29, 1.82) is 0 Å². The molecule has 3 rings (SSSR count). The van der Waals surface area contributed by atoms with Crippen LogP contribution in [-0.4, -0.2) is 14.8 Å². The average Bonchev–Trinajstić information content (AvgIpc) is 3.03. The highest BCUT2D eigenvalue weighted by molar-refractivity contribution is 9.10. The zero-order chi connectivity index (χ0) is 12.0. The van der Waals surface area contributed by atoms with Gasteiger partial charge >= 0.3 is 0 Å². The number of hydrogen-bond acceptors (Lipinski definition) is 2. The van der Waals surface area contributed by atoms with Crippen LogP contribution in [0, 0.1) is 10.6 Å². The molecule has 0 radical (unpaired) electrons. The van der Waals surface area contributed by atoms with E-state index in [1.807, 2.05) is 4.57 Å². The molecule has 1 fully saturated rings. The minimum Gasteiger partial charge on any atom is -0.297 e. The average molecular weight is 314 g/mol. The Bertz CT molecular complexity index is 630. The number of halogens is 2. The molecule has 1 aliphatic carbocycles. The Morgan fingerprint density at radius 2 is 2.24 bits per heavy atom. The summed E-state index contributed by atoms with van der Waals surface area (Å²) in [5.74, 6) is 0.290. The van der Waals surface area contributed by atoms with Crippen molar-refractivity contribution in [3.8, 4) is 11.4 Å². The van der Waals surface area contributed by atoms with Gasteiger partial charge in [-0.25, -0.2) is 4.39 Å². The smallest absolute Gasteiger partial charge is 0.195 e. The lowest BCUT2D eigenvalue weighted by atomic mass is 10.2. The Balaban J connectivity index is 2.18. The van der Waals surface area contributed by atoms with E-state index in [4.69, 9.17) is 12.2 Å². The number of nitrogens with zero attached hydrogens (tertiary/aromatic N) is 2. The van der Waals surface area contributed by atoms with Gasteiger partial charge in [0, 0.05) is 10.5 Å². The first kappa shape index (κ1) is 11.1. The van der Waals surface area contributed by atoms with Crippen molar-refractivity contribution in [3.63, 3.8) is 0 Å². The lowest BCUT2D eigenvalue weighted by molar-refractivity contribution is 0.625. The van der Waals surface area contributed by atoms with Crippen LogP contribution in [0.3, 0.4) is 0 Å². The summed E-state index contributed by atoms with van der Waals surface area (Å²) in [5.41, 5.74) is 0.479. The van der Waals surface area contributed by atoms with E-state index in [2.05, 4.69) is 26.1 Å². The summed E-state index contributed by atoms with van der Waals surface area (Å²) in [4.78, 5) is 0. The van der Waals surface area contributed by atoms with Crippen LogP contribution in [0.5, 0.6) is 0 Å². The zero-order valence-corrected chi connectivity index (χ0v) is 11.2. The number of aromatic nitrogens is 3. The topological polar surface area (TPSA) is 33.6 Å². The van der Waals surface area contributed by atoms with Crippen LogP contribution in [0.2, 0.25) is 0 Å². The molecule has 2 aromatic rings. The highest BCUT2D eigenvalue weighted by Crippen LogP contribution is 2.38. The van der Waals surface area contributed by atoms with E-state index in [1.165, 1.54) is 6.07 Å². The van der Waals surface area contributed by atoms with Crippen LogP contribution in [0.1, 0.15) is 18.9 Å². The molecular formula is C11H9BrFN3S. The van der Waals surface area contributed by atoms with Crippen LogP contribution < -0.4 is 0 Å². The third kappa shape index (κ3) is 1.95. The van der Waals surface area contributed by atoms with E-state index in [-0.39, 0.29) is 5.82 Å². The molecule has 3 nitrogen and oxygen atoms in total. The number of H-pyrrole nitrogens is 1. The molecule has 17 heavy (non-hydrogen) atoms. The first-order valence-electron chi connectivity index (χ1n) is 5.29. The Hall–Kier alpha value is -1.01. The summed E-state index contributed by atoms with van der Waals surface area (Å²) in [6.07, 6.45) is 2.16. The number of benzene rings is 1. The molecule has 88 valence electrons. The Morgan fingerprint density at radius 1 is 1.47 bits per heavy atom. The van der Waals surface area contributed by atoms with Crippen LogP contribution in [-0.2, 0) is 0 Å². The molecule has 0 atom stereocenters. The molecular weight excluding hydrogens is 305 g/mol. The molecule has 1 N–H and O–H groups in total. The van der Waals surface area contributed by atoms with Crippen LogP contribution in [0.25, 0.3) is 11.4 Å². The Morgan fingerprint density at radius 3 is 2.88 bits per heavy atom. The first-order chi connectivity index (χ1) is 8.16. The summed E-state index contributed by atoms with van der Waals surface area (Å²) in [7, 11) is 0. The number of hydrogen-bond donors (Lipinski definition) is 1. The van der Waals surface area contributed by atoms with Gasteiger partial charge in [-0.15, -0.1) is 0 Å². The maximum absolute atomic E-state index is 13.9. The van der Waals surface area contributed by atoms with Gasteiger partial charge in [-0.1, -0.05) is 15.9 Å². The van der Waals surface area contributed by atoms with E-state index in [0.717, 1.165) is 12.8 Å². The largest absolute Gasteiger partial charge is 0.297 e. The third-order valence-corrected chi connectivity index (χ3v) is 3.57. The van der Waals surface area contributed by atoms with Gasteiger partial charge in [-0.2, -0.15) is 5.10 Å². The number of nitrogens with one attached hydrogen (secondary N) is 1. The van der Waals surface area contributed by atoms with Crippen molar-refractivity contribution in [2.45, 2.75) is 18.9 Å². The summed E-state index contributed by atoms with van der Waals surface area (Å²) in [6.45, 7) is 0. The minimum absolute atomic E-state index is 0.296. The van der Waals surface area contributed by atoms with Crippen LogP contribution >= 0.6 is 28.1 Å². The predicted molar refractivity (Wildman–Crippen MR) is 68.8 cm³/mol. The maximum Gasteiger partial charge on any atom is 0.195 e. The van der Waals surface area contributed by atoms with Crippen molar-refractivity contribution in [2.75, 3.05) is 0 Å². The van der Waals surface area contributed by atoms with Gasteiger partial charge in [0.15, 0.2) is 10.6 Å². The van der Waals surface area contributed by atoms with E-state index in [9.17, 15) is 4.39 Å². The quantitative estimate of drug-likeness (QED) is 0.854. The molecule has 0 unspecified atom stereocenters. The summed E-state index contributed by atoms with van der Waals surface area (Å²) >= 11 is 8.41. The Labute approximate surface area is 111 Å². The van der Waals surface area contributed by atoms with E-state index >= 15 is 0 Å². The van der Waals surface area contributed by atoms with Crippen LogP contribution in [0.4, 0.5) is 4.39 Å². The second-order valence-corrected chi connectivity index (χ2v) is 5.38. The van der Waals surface area contributed by atoms with E-state index in [0.29, 0.717) is 26.7 Å². The van der Waals surface area contributed by atoms with Gasteiger partial charge in [0.05, 0.1) is 5.56 Å². The summed E-state index contributed by atoms with van der Waals surface area (Å²) in [6, 6.07) is 5.32. The van der Waals surface area contributed by atoms with Crippen molar-refractivity contribution in [2.24, 2.45) is 0 Å². The van der Waals surface area contributed by atoms with E-state index < -0.39 is 0 Å². The highest BCUT2D eigenvalue weighted by atomic mass is 79.9. The fraction of sp³-hybridized carbons (Fsp3) is 0.273. The van der Waals surface area contributed by atoms with Gasteiger partial charge < -0.3 is 0 Å². The molecule has 1 aliphatic rings. The fourth-order valence-corrected chi connectivity index (χ4v) is 2.45. The normalized spacial score (nSPS) is 15.2. The summed E-state index contributed by atoms with van der Waals surface area (Å²) < 4.78 is 17.1. The van der Waals surface area contributed by atoms with Crippen molar-refractivity contribution in [3.05, 3.63) is 33.3 Å². The van der Waals surface area contributed by atoms with Crippen molar-refractivity contribution < 1.29 is 4.39 Å². The monoisotopic (exact) mass is 313 g/mol. The van der Waals surface area contributed by atoms with Crippen LogP contribution in [0.15, 0.2) is 22.7 Å². The SMILES string of the molecule is Fc1cc(Br)ccc1-c1n[nH]c(=S)n1C1CC1. The predicted octanol–water partition coefficient (Wildman–Crippen LogP) is 3.84. The molecule has 0 aliphatic heterocycles. The molecule has 0 amide bonds. The minimum atomic E-state index is -0.296. The molecule has 0 saturated heterocycles. The zero-order valence-electron chi connectivity index (χ0n) is 8.78. The standard InChI is InChI=1S/C11H9BrFN3S/c12-6-1-4-8(9(13)5-6)10-14-15-11(17)16(10)7-2-3-7/h1,4-5,7H,2-3H2,(H,15,17). The molecule has 1 heterocycles. The fourth-order valence-electron chi connectivity index (χ4n) is 1.84. The second-order valence-electron chi connectivity index (χ2n) is 4.08. The Kier molecular flexibility index (Phi) is 2.63. The van der Waals surface area contributed by atoms with Crippen molar-refractivity contribution in [1.82, 2.24) is 14.8 Å². The first-order valence-corrected chi connectivity index (χ1v) is 6.49. The van der Waals surface area contributed by atoms with Gasteiger partial charge in [0.2, 0.25) is 0 Å². The number of rotatable bonds is 2. The van der Waals surface area contributed by atoms with Gasteiger partial charge in [0.1, 0.15) is 5.82 Å². The molecule has 6 heteroatoms. The molecule has 1 aromatic heterocycles. The molecule has 0 bridgehead atoms. The summed E-state index contributed by atoms with van der Waals surface area (Å²) in [5, 5.41) is 6.86. The number of aromatic amines is 1.